The Kier molecular flexibility index (Phi) is 8.55. The number of Topliss-reactive ketones (excluding diaryl/α,β-unsaturated/α-hetero) is 3. The van der Waals surface area contributed by atoms with Crippen molar-refractivity contribution in [1.82, 2.24) is 0 Å². The van der Waals surface area contributed by atoms with E-state index < -0.39 is 16.2 Å². The summed E-state index contributed by atoms with van der Waals surface area (Å²) in [6, 6.07) is 0. The maximum Gasteiger partial charge on any atom is 0.172 e. The van der Waals surface area contributed by atoms with Gasteiger partial charge in [0.1, 0.15) is 5.41 Å². The molecule has 34 heavy (non-hydrogen) atoms. The lowest BCUT2D eigenvalue weighted by molar-refractivity contribution is -0.171. The molecule has 2 rings (SSSR count). The summed E-state index contributed by atoms with van der Waals surface area (Å²) in [5, 5.41) is 0. The summed E-state index contributed by atoms with van der Waals surface area (Å²) in [6.45, 7) is 20.1. The molecule has 0 heterocycles. The number of fused-ring (bicyclic) bond motifs is 2. The van der Waals surface area contributed by atoms with Crippen molar-refractivity contribution in [2.75, 3.05) is 0 Å². The van der Waals surface area contributed by atoms with Gasteiger partial charge in [-0.15, -0.1) is 0 Å². The third-order valence-corrected chi connectivity index (χ3v) is 8.17. The second-order valence-electron chi connectivity index (χ2n) is 12.1. The van der Waals surface area contributed by atoms with Gasteiger partial charge in [-0.05, 0) is 97.5 Å². The standard InChI is InChI=1S/C31H46O3/c1-20(2)12-11-17-30(10)25(16-14-22(5)6)19-29(9)27(33)24(15-13-21(3)4)18-31(30,28(29)34)26(32)23(7)8/h12-14,18,23,25H,11,15-17,19H2,1-10H3. The fourth-order valence-corrected chi connectivity index (χ4v) is 6.10. The van der Waals surface area contributed by atoms with Crippen LogP contribution in [0.25, 0.3) is 0 Å². The van der Waals surface area contributed by atoms with Gasteiger partial charge in [-0.25, -0.2) is 0 Å². The molecule has 0 N–H and O–H groups in total. The molecule has 2 aliphatic carbocycles. The van der Waals surface area contributed by atoms with Gasteiger partial charge in [-0.3, -0.25) is 14.4 Å². The molecule has 3 heteroatoms. The fourth-order valence-electron chi connectivity index (χ4n) is 6.10. The zero-order chi connectivity index (χ0) is 26.1. The van der Waals surface area contributed by atoms with Gasteiger partial charge < -0.3 is 0 Å². The highest BCUT2D eigenvalue weighted by molar-refractivity contribution is 6.26. The molecule has 0 spiro atoms. The molecular weight excluding hydrogens is 420 g/mol. The molecule has 0 amide bonds. The van der Waals surface area contributed by atoms with E-state index in [2.05, 4.69) is 46.8 Å². The van der Waals surface area contributed by atoms with Crippen LogP contribution in [0.4, 0.5) is 0 Å². The average molecular weight is 467 g/mol. The SMILES string of the molecule is CC(C)=CCCC1(C)C(CC=C(C)C)CC2(C)C(=O)C(CC=C(C)C)=CC1(C(=O)C(C)C)C2=O. The Morgan fingerprint density at radius 3 is 2.03 bits per heavy atom. The first-order chi connectivity index (χ1) is 15.6. The molecule has 0 aromatic rings. The number of hydrogen-bond acceptors (Lipinski definition) is 3. The Bertz CT molecular complexity index is 961. The molecule has 0 aliphatic heterocycles. The maximum absolute atomic E-state index is 14.4. The average Bonchev–Trinajstić information content (AvgIpc) is 2.73. The lowest BCUT2D eigenvalue weighted by Gasteiger charge is -2.60. The normalized spacial score (nSPS) is 30.6. The van der Waals surface area contributed by atoms with Crippen LogP contribution in [0, 0.1) is 28.1 Å². The fraction of sp³-hybridized carbons (Fsp3) is 0.645. The number of rotatable bonds is 9. The van der Waals surface area contributed by atoms with Crippen LogP contribution in [0.2, 0.25) is 0 Å². The summed E-state index contributed by atoms with van der Waals surface area (Å²) in [5.41, 5.74) is 1.21. The number of ketones is 3. The van der Waals surface area contributed by atoms with Gasteiger partial charge in [0.15, 0.2) is 17.3 Å². The minimum absolute atomic E-state index is 0.0347. The van der Waals surface area contributed by atoms with Gasteiger partial charge in [0.25, 0.3) is 0 Å². The van der Waals surface area contributed by atoms with E-state index in [1.807, 2.05) is 39.8 Å². The van der Waals surface area contributed by atoms with Crippen LogP contribution >= 0.6 is 0 Å². The molecule has 0 radical (unpaired) electrons. The predicted octanol–water partition coefficient (Wildman–Crippen LogP) is 7.77. The van der Waals surface area contributed by atoms with Crippen molar-refractivity contribution in [3.63, 3.8) is 0 Å². The second kappa shape index (κ2) is 10.3. The predicted molar refractivity (Wildman–Crippen MR) is 141 cm³/mol. The van der Waals surface area contributed by atoms with E-state index in [1.54, 1.807) is 6.92 Å². The van der Waals surface area contributed by atoms with Gasteiger partial charge in [-0.1, -0.05) is 61.8 Å². The molecule has 3 nitrogen and oxygen atoms in total. The molecule has 4 atom stereocenters. The van der Waals surface area contributed by atoms with Crippen LogP contribution in [0.5, 0.6) is 0 Å². The van der Waals surface area contributed by atoms with Crippen molar-refractivity contribution in [2.24, 2.45) is 28.1 Å². The van der Waals surface area contributed by atoms with Crippen LogP contribution in [0.3, 0.4) is 0 Å². The van der Waals surface area contributed by atoms with E-state index >= 15 is 0 Å². The minimum Gasteiger partial charge on any atom is -0.298 e. The van der Waals surface area contributed by atoms with Gasteiger partial charge in [0.2, 0.25) is 0 Å². The number of carbonyl (C=O) groups excluding carboxylic acids is 3. The van der Waals surface area contributed by atoms with E-state index in [0.717, 1.165) is 24.8 Å². The molecular formula is C31H46O3. The molecule has 0 saturated heterocycles. The highest BCUT2D eigenvalue weighted by Gasteiger charge is 2.70. The van der Waals surface area contributed by atoms with Gasteiger partial charge in [-0.2, -0.15) is 0 Å². The largest absolute Gasteiger partial charge is 0.298 e. The second-order valence-corrected chi connectivity index (χ2v) is 12.1. The Morgan fingerprint density at radius 1 is 0.971 bits per heavy atom. The molecule has 1 fully saturated rings. The molecule has 1 saturated carbocycles. The van der Waals surface area contributed by atoms with E-state index in [4.69, 9.17) is 0 Å². The molecule has 2 bridgehead atoms. The summed E-state index contributed by atoms with van der Waals surface area (Å²) >= 11 is 0. The van der Waals surface area contributed by atoms with Crippen LogP contribution in [-0.4, -0.2) is 17.3 Å². The summed E-state index contributed by atoms with van der Waals surface area (Å²) in [5.74, 6) is -0.531. The lowest BCUT2D eigenvalue weighted by atomic mass is 9.39. The first-order valence-corrected chi connectivity index (χ1v) is 12.9. The van der Waals surface area contributed by atoms with Crippen molar-refractivity contribution < 1.29 is 14.4 Å². The lowest BCUT2D eigenvalue weighted by Crippen LogP contribution is -2.67. The summed E-state index contributed by atoms with van der Waals surface area (Å²) in [4.78, 5) is 42.3. The molecule has 0 aromatic carbocycles. The van der Waals surface area contributed by atoms with Crippen molar-refractivity contribution in [3.05, 3.63) is 46.6 Å². The van der Waals surface area contributed by atoms with Crippen molar-refractivity contribution >= 4 is 17.3 Å². The van der Waals surface area contributed by atoms with Crippen LogP contribution in [0.1, 0.15) is 101 Å². The number of allylic oxidation sites excluding steroid dienone is 8. The van der Waals surface area contributed by atoms with E-state index in [1.165, 1.54) is 11.1 Å². The van der Waals surface area contributed by atoms with E-state index in [0.29, 0.717) is 18.4 Å². The molecule has 4 unspecified atom stereocenters. The highest BCUT2D eigenvalue weighted by atomic mass is 16.2. The van der Waals surface area contributed by atoms with Gasteiger partial charge >= 0.3 is 0 Å². The van der Waals surface area contributed by atoms with E-state index in [-0.39, 0.29) is 29.2 Å². The molecule has 188 valence electrons. The quantitative estimate of drug-likeness (QED) is 0.258. The van der Waals surface area contributed by atoms with Gasteiger partial charge in [0.05, 0.1) is 5.41 Å². The Balaban J connectivity index is 2.89. The molecule has 0 aromatic heterocycles. The summed E-state index contributed by atoms with van der Waals surface area (Å²) in [7, 11) is 0. The monoisotopic (exact) mass is 466 g/mol. The van der Waals surface area contributed by atoms with Crippen molar-refractivity contribution in [1.29, 1.82) is 0 Å². The Labute approximate surface area is 207 Å². The highest BCUT2D eigenvalue weighted by Crippen LogP contribution is 2.65. The third kappa shape index (κ3) is 4.86. The van der Waals surface area contributed by atoms with Crippen molar-refractivity contribution in [3.8, 4) is 0 Å². The number of hydrogen-bond donors (Lipinski definition) is 0. The molecule has 2 aliphatic rings. The Hall–Kier alpha value is -2.03. The van der Waals surface area contributed by atoms with Crippen LogP contribution in [-0.2, 0) is 14.4 Å². The Morgan fingerprint density at radius 2 is 1.53 bits per heavy atom. The smallest absolute Gasteiger partial charge is 0.172 e. The first kappa shape index (κ1) is 28.2. The van der Waals surface area contributed by atoms with E-state index in [9.17, 15) is 14.4 Å². The maximum atomic E-state index is 14.4. The van der Waals surface area contributed by atoms with Gasteiger partial charge in [0, 0.05) is 5.92 Å². The minimum atomic E-state index is -1.28. The van der Waals surface area contributed by atoms with Crippen molar-refractivity contribution in [2.45, 2.75) is 101 Å². The number of carbonyl (C=O) groups is 3. The summed E-state index contributed by atoms with van der Waals surface area (Å²) < 4.78 is 0. The zero-order valence-electron chi connectivity index (χ0n) is 23.2. The zero-order valence-corrected chi connectivity index (χ0v) is 23.2. The first-order valence-electron chi connectivity index (χ1n) is 12.9. The summed E-state index contributed by atoms with van der Waals surface area (Å²) in [6.07, 6.45) is 11.6. The topological polar surface area (TPSA) is 51.2 Å². The van der Waals surface area contributed by atoms with Crippen LogP contribution < -0.4 is 0 Å². The third-order valence-electron chi connectivity index (χ3n) is 8.17. The van der Waals surface area contributed by atoms with Crippen LogP contribution in [0.15, 0.2) is 46.6 Å².